The standard InChI is InChI=1S/C26H21Cl2N3O6S/c1-3-14-11-23(38(34,35)36)20(28)13-21(14)30-31-24-17-7-5-4-6-15(17)10-18(25(24)32)26(33)29-16-8-9-19(27)22(12-16)37-2/h4-13,32H,3H2,1-2H3,(H,29,33)(H,34,35,36). The number of carbonyl (C=O) groups is 1. The average Bonchev–Trinajstić information content (AvgIpc) is 2.88. The fourth-order valence-corrected chi connectivity index (χ4v) is 5.03. The third kappa shape index (κ3) is 5.58. The van der Waals surface area contributed by atoms with Gasteiger partial charge in [-0.1, -0.05) is 54.4 Å². The number of fused-ring (bicyclic) bond motifs is 1. The Morgan fingerprint density at radius 2 is 1.76 bits per heavy atom. The maximum Gasteiger partial charge on any atom is 0.296 e. The molecule has 4 aromatic carbocycles. The molecule has 0 aliphatic rings. The van der Waals surface area contributed by atoms with Crippen molar-refractivity contribution in [2.75, 3.05) is 12.4 Å². The molecule has 0 heterocycles. The number of halogens is 2. The normalized spacial score (nSPS) is 11.7. The van der Waals surface area contributed by atoms with Gasteiger partial charge < -0.3 is 15.2 Å². The Kier molecular flexibility index (Phi) is 7.89. The van der Waals surface area contributed by atoms with Gasteiger partial charge in [0.25, 0.3) is 16.0 Å². The lowest BCUT2D eigenvalue weighted by Gasteiger charge is -2.12. The number of azo groups is 1. The fraction of sp³-hybridized carbons (Fsp3) is 0.115. The number of aromatic hydroxyl groups is 1. The number of hydrogen-bond acceptors (Lipinski definition) is 7. The van der Waals surface area contributed by atoms with Gasteiger partial charge in [0.1, 0.15) is 16.3 Å². The summed E-state index contributed by atoms with van der Waals surface area (Å²) in [5.41, 5.74) is 1.05. The molecule has 3 N–H and O–H groups in total. The lowest BCUT2D eigenvalue weighted by atomic mass is 10.0. The quantitative estimate of drug-likeness (QED) is 0.156. The molecule has 0 bridgehead atoms. The van der Waals surface area contributed by atoms with E-state index in [1.807, 2.05) is 0 Å². The van der Waals surface area contributed by atoms with Gasteiger partial charge >= 0.3 is 0 Å². The third-order valence-electron chi connectivity index (χ3n) is 5.70. The summed E-state index contributed by atoms with van der Waals surface area (Å²) in [5.74, 6) is -0.652. The molecule has 0 spiro atoms. The van der Waals surface area contributed by atoms with E-state index in [0.717, 1.165) is 0 Å². The molecule has 0 saturated carbocycles. The van der Waals surface area contributed by atoms with Crippen molar-refractivity contribution in [2.45, 2.75) is 18.2 Å². The van der Waals surface area contributed by atoms with Gasteiger partial charge in [-0.05, 0) is 47.7 Å². The van der Waals surface area contributed by atoms with Gasteiger partial charge in [0, 0.05) is 17.1 Å². The van der Waals surface area contributed by atoms with Gasteiger partial charge in [0.05, 0.1) is 28.4 Å². The first-order valence-corrected chi connectivity index (χ1v) is 13.3. The van der Waals surface area contributed by atoms with E-state index >= 15 is 0 Å². The summed E-state index contributed by atoms with van der Waals surface area (Å²) in [6.07, 6.45) is 0.355. The number of nitrogens with one attached hydrogen (secondary N) is 1. The molecule has 0 aliphatic heterocycles. The average molecular weight is 574 g/mol. The number of methoxy groups -OCH3 is 1. The van der Waals surface area contributed by atoms with Crippen molar-refractivity contribution in [2.24, 2.45) is 10.2 Å². The summed E-state index contributed by atoms with van der Waals surface area (Å²) < 4.78 is 37.8. The minimum atomic E-state index is -4.54. The molecule has 38 heavy (non-hydrogen) atoms. The monoisotopic (exact) mass is 573 g/mol. The number of carbonyl (C=O) groups excluding carboxylic acids is 1. The van der Waals surface area contributed by atoms with Gasteiger partial charge in [-0.25, -0.2) is 0 Å². The van der Waals surface area contributed by atoms with Gasteiger partial charge in [0.15, 0.2) is 5.75 Å². The minimum absolute atomic E-state index is 0.0268. The number of anilines is 1. The van der Waals surface area contributed by atoms with E-state index in [0.29, 0.717) is 39.2 Å². The molecule has 4 rings (SSSR count). The fourth-order valence-electron chi connectivity index (χ4n) is 3.79. The Morgan fingerprint density at radius 1 is 1.03 bits per heavy atom. The van der Waals surface area contributed by atoms with E-state index in [1.165, 1.54) is 25.3 Å². The van der Waals surface area contributed by atoms with Crippen molar-refractivity contribution in [1.29, 1.82) is 0 Å². The lowest BCUT2D eigenvalue weighted by molar-refractivity contribution is 0.102. The van der Waals surface area contributed by atoms with E-state index in [1.54, 1.807) is 49.4 Å². The minimum Gasteiger partial charge on any atom is -0.505 e. The molecule has 0 fully saturated rings. The van der Waals surface area contributed by atoms with Crippen LogP contribution in [0.2, 0.25) is 10.0 Å². The number of ether oxygens (including phenoxy) is 1. The van der Waals surface area contributed by atoms with Crippen LogP contribution in [-0.2, 0) is 16.5 Å². The largest absolute Gasteiger partial charge is 0.505 e. The van der Waals surface area contributed by atoms with Crippen LogP contribution >= 0.6 is 23.2 Å². The van der Waals surface area contributed by atoms with Crippen LogP contribution < -0.4 is 10.1 Å². The molecule has 12 heteroatoms. The van der Waals surface area contributed by atoms with Gasteiger partial charge in [-0.2, -0.15) is 13.5 Å². The van der Waals surface area contributed by atoms with E-state index in [4.69, 9.17) is 27.9 Å². The predicted molar refractivity (Wildman–Crippen MR) is 146 cm³/mol. The Hall–Kier alpha value is -3.70. The summed E-state index contributed by atoms with van der Waals surface area (Å²) in [5, 5.41) is 23.5. The Bertz CT molecular complexity index is 1710. The van der Waals surface area contributed by atoms with E-state index in [-0.39, 0.29) is 22.0 Å². The van der Waals surface area contributed by atoms with Crippen LogP contribution in [0.3, 0.4) is 0 Å². The van der Waals surface area contributed by atoms with Crippen molar-refractivity contribution in [3.05, 3.63) is 81.8 Å². The molecule has 0 radical (unpaired) electrons. The van der Waals surface area contributed by atoms with Crippen molar-refractivity contribution >= 4 is 67.1 Å². The molecule has 196 valence electrons. The Balaban J connectivity index is 1.79. The van der Waals surface area contributed by atoms with Gasteiger partial charge in [0.2, 0.25) is 0 Å². The molecular weight excluding hydrogens is 553 g/mol. The van der Waals surface area contributed by atoms with Crippen LogP contribution in [0.25, 0.3) is 10.8 Å². The number of aryl methyl sites for hydroxylation is 1. The van der Waals surface area contributed by atoms with Crippen LogP contribution in [0, 0.1) is 0 Å². The number of phenols is 1. The van der Waals surface area contributed by atoms with E-state index in [9.17, 15) is 22.9 Å². The number of benzene rings is 4. The topological polar surface area (TPSA) is 138 Å². The number of phenolic OH excluding ortho intramolecular Hbond substituents is 1. The maximum absolute atomic E-state index is 13.2. The molecule has 9 nitrogen and oxygen atoms in total. The highest BCUT2D eigenvalue weighted by atomic mass is 35.5. The third-order valence-corrected chi connectivity index (χ3v) is 7.33. The Morgan fingerprint density at radius 3 is 2.45 bits per heavy atom. The van der Waals surface area contributed by atoms with Crippen LogP contribution in [0.15, 0.2) is 75.8 Å². The smallest absolute Gasteiger partial charge is 0.296 e. The zero-order valence-corrected chi connectivity index (χ0v) is 22.4. The van der Waals surface area contributed by atoms with Gasteiger partial charge in [-0.15, -0.1) is 5.11 Å². The first-order valence-electron chi connectivity index (χ1n) is 11.1. The zero-order valence-electron chi connectivity index (χ0n) is 20.1. The van der Waals surface area contributed by atoms with E-state index < -0.39 is 26.7 Å². The van der Waals surface area contributed by atoms with Crippen LogP contribution in [0.4, 0.5) is 17.1 Å². The molecular formula is C26H21Cl2N3O6S. The second-order valence-electron chi connectivity index (χ2n) is 8.09. The van der Waals surface area contributed by atoms with Crippen molar-refractivity contribution in [3.8, 4) is 11.5 Å². The Labute approximate surface area is 228 Å². The lowest BCUT2D eigenvalue weighted by Crippen LogP contribution is -2.12. The van der Waals surface area contributed by atoms with Crippen LogP contribution in [0.1, 0.15) is 22.8 Å². The molecule has 4 aromatic rings. The summed E-state index contributed by atoms with van der Waals surface area (Å²) in [7, 11) is -3.09. The van der Waals surface area contributed by atoms with Crippen LogP contribution in [-0.4, -0.2) is 31.1 Å². The SMILES string of the molecule is CCc1cc(S(=O)(=O)O)c(Cl)cc1N=Nc1c(O)c(C(=O)Nc2ccc(Cl)c(OC)c2)cc2ccccc12. The molecule has 1 amide bonds. The van der Waals surface area contributed by atoms with Crippen molar-refractivity contribution in [3.63, 3.8) is 0 Å². The second-order valence-corrected chi connectivity index (χ2v) is 10.3. The van der Waals surface area contributed by atoms with Crippen LogP contribution in [0.5, 0.6) is 11.5 Å². The number of rotatable bonds is 7. The molecule has 0 aliphatic carbocycles. The summed E-state index contributed by atoms with van der Waals surface area (Å²) in [6.45, 7) is 1.76. The van der Waals surface area contributed by atoms with E-state index in [2.05, 4.69) is 15.5 Å². The molecule has 0 saturated heterocycles. The van der Waals surface area contributed by atoms with Crippen molar-refractivity contribution in [1.82, 2.24) is 0 Å². The number of nitrogens with zero attached hydrogens (tertiary/aromatic N) is 2. The zero-order chi connectivity index (χ0) is 27.6. The first-order chi connectivity index (χ1) is 18.0. The number of amides is 1. The summed E-state index contributed by atoms with van der Waals surface area (Å²) in [4.78, 5) is 12.7. The second kappa shape index (κ2) is 11.0. The number of hydrogen-bond donors (Lipinski definition) is 3. The first kappa shape index (κ1) is 27.3. The van der Waals surface area contributed by atoms with Crippen molar-refractivity contribution < 1.29 is 27.6 Å². The molecule has 0 atom stereocenters. The maximum atomic E-state index is 13.2. The molecule has 0 unspecified atom stereocenters. The molecule has 0 aromatic heterocycles. The summed E-state index contributed by atoms with van der Waals surface area (Å²) >= 11 is 12.1. The predicted octanol–water partition coefficient (Wildman–Crippen LogP) is 7.34. The highest BCUT2D eigenvalue weighted by Crippen LogP contribution is 2.41. The van der Waals surface area contributed by atoms with Gasteiger partial charge in [-0.3, -0.25) is 9.35 Å². The summed E-state index contributed by atoms with van der Waals surface area (Å²) in [6, 6.07) is 15.7. The highest BCUT2D eigenvalue weighted by molar-refractivity contribution is 7.86. The highest BCUT2D eigenvalue weighted by Gasteiger charge is 2.20.